The molecule has 6 nitrogen and oxygen atoms in total. The number of hydrogen-bond donors (Lipinski definition) is 1. The van der Waals surface area contributed by atoms with Crippen molar-refractivity contribution in [3.63, 3.8) is 0 Å². The van der Waals surface area contributed by atoms with E-state index in [1.54, 1.807) is 0 Å². The van der Waals surface area contributed by atoms with Gasteiger partial charge < -0.3 is 19.4 Å². The molecule has 6 heteroatoms. The molecule has 0 spiro atoms. The molecule has 0 aromatic carbocycles. The van der Waals surface area contributed by atoms with Crippen molar-refractivity contribution in [2.24, 2.45) is 0 Å². The van der Waals surface area contributed by atoms with E-state index < -0.39 is 44.6 Å². The lowest BCUT2D eigenvalue weighted by Crippen LogP contribution is -2.36. The predicted octanol–water partition coefficient (Wildman–Crippen LogP) is -0.959. The van der Waals surface area contributed by atoms with Crippen molar-refractivity contribution < 1.29 is 31.7 Å². The average molecular weight is 206 g/mol. The molecule has 0 bridgehead atoms. The Labute approximate surface area is 83.6 Å². The Morgan fingerprint density at radius 3 is 2.64 bits per heavy atom. The van der Waals surface area contributed by atoms with Crippen LogP contribution >= 0.6 is 0 Å². The van der Waals surface area contributed by atoms with Crippen molar-refractivity contribution >= 4 is 18.2 Å². The zero-order valence-corrected chi connectivity index (χ0v) is 7.34. The van der Waals surface area contributed by atoms with Crippen molar-refractivity contribution in [1.29, 1.82) is 0 Å². The Balaban J connectivity index is 4.26. The van der Waals surface area contributed by atoms with E-state index in [0.29, 0.717) is 0 Å². The second-order valence-corrected chi connectivity index (χ2v) is 2.34. The molecule has 14 heavy (non-hydrogen) atoms. The third kappa shape index (κ3) is 5.26. The summed E-state index contributed by atoms with van der Waals surface area (Å²) < 4.78 is 22.2. The molecule has 2 atom stereocenters. The van der Waals surface area contributed by atoms with Crippen LogP contribution in [0.15, 0.2) is 0 Å². The normalized spacial score (nSPS) is 15.8. The summed E-state index contributed by atoms with van der Waals surface area (Å²) in [6.45, 7) is -1.81. The second kappa shape index (κ2) is 6.09. The number of hydrogen-bond acceptors (Lipinski definition) is 6. The minimum atomic E-state index is -1.63. The van der Waals surface area contributed by atoms with Crippen LogP contribution in [-0.4, -0.2) is 42.1 Å². The molecule has 0 radical (unpaired) electrons. The molecule has 0 aliphatic rings. The van der Waals surface area contributed by atoms with Gasteiger partial charge in [-0.15, -0.1) is 0 Å². The van der Waals surface area contributed by atoms with Gasteiger partial charge in [-0.25, -0.2) is 0 Å². The van der Waals surface area contributed by atoms with Crippen LogP contribution in [0, 0.1) is 0 Å². The van der Waals surface area contributed by atoms with Crippen LogP contribution in [0.1, 0.15) is 16.5 Å². The summed E-state index contributed by atoms with van der Waals surface area (Å²) in [6.07, 6.45) is -2.85. The molecule has 0 aliphatic carbocycles. The van der Waals surface area contributed by atoms with E-state index >= 15 is 0 Å². The van der Waals surface area contributed by atoms with E-state index in [2.05, 4.69) is 9.47 Å². The molecule has 0 amide bonds. The van der Waals surface area contributed by atoms with Gasteiger partial charge in [0.2, 0.25) is 0 Å². The summed E-state index contributed by atoms with van der Waals surface area (Å²) in [5.74, 6) is -1.82. The summed E-state index contributed by atoms with van der Waals surface area (Å²) >= 11 is 0. The lowest BCUT2D eigenvalue weighted by atomic mass is 10.2. The van der Waals surface area contributed by atoms with Gasteiger partial charge in [-0.05, 0) is 0 Å². The molecule has 0 aromatic rings. The Morgan fingerprint density at radius 2 is 2.14 bits per heavy atom. The van der Waals surface area contributed by atoms with Crippen LogP contribution < -0.4 is 0 Å². The van der Waals surface area contributed by atoms with Crippen molar-refractivity contribution in [2.75, 3.05) is 6.61 Å². The summed E-state index contributed by atoms with van der Waals surface area (Å²) in [7, 11) is 0. The van der Waals surface area contributed by atoms with Crippen LogP contribution in [-0.2, 0) is 23.9 Å². The number of aldehydes is 1. The van der Waals surface area contributed by atoms with Gasteiger partial charge in [0.25, 0.3) is 0 Å². The first-order valence-corrected chi connectivity index (χ1v) is 3.62. The number of rotatable bonds is 5. The quantitative estimate of drug-likeness (QED) is 0.460. The van der Waals surface area contributed by atoms with Crippen LogP contribution in [0.3, 0.4) is 0 Å². The zero-order chi connectivity index (χ0) is 12.6. The Hall–Kier alpha value is -1.43. The summed E-state index contributed by atoms with van der Waals surface area (Å²) in [6, 6.07) is 0. The fraction of sp³-hybridized carbons (Fsp3) is 0.625. The van der Waals surface area contributed by atoms with Crippen LogP contribution in [0.4, 0.5) is 0 Å². The lowest BCUT2D eigenvalue weighted by Gasteiger charge is -2.17. The summed E-state index contributed by atoms with van der Waals surface area (Å²) in [4.78, 5) is 31.6. The predicted molar refractivity (Wildman–Crippen MR) is 44.3 cm³/mol. The third-order valence-corrected chi connectivity index (χ3v) is 1.21. The summed E-state index contributed by atoms with van der Waals surface area (Å²) in [5, 5.41) is 9.10. The molecule has 0 saturated carbocycles. The molecule has 0 aliphatic heterocycles. The van der Waals surface area contributed by atoms with Gasteiger partial charge in [0.05, 0.1) is 0 Å². The van der Waals surface area contributed by atoms with Gasteiger partial charge in [-0.1, -0.05) is 0 Å². The Morgan fingerprint density at radius 1 is 1.50 bits per heavy atom. The van der Waals surface area contributed by atoms with Crippen molar-refractivity contribution in [1.82, 2.24) is 0 Å². The molecule has 80 valence electrons. The average Bonchev–Trinajstić information content (AvgIpc) is 2.32. The van der Waals surface area contributed by atoms with Crippen molar-refractivity contribution in [2.45, 2.75) is 26.0 Å². The largest absolute Gasteiger partial charge is 0.462 e. The highest BCUT2D eigenvalue weighted by Gasteiger charge is 2.22. The third-order valence-electron chi connectivity index (χ3n) is 1.21. The SMILES string of the molecule is [2H]CC(=O)OC[C@@H](OC(=O)C[2H])[C@@H](O)C=O. The smallest absolute Gasteiger partial charge is 0.303 e. The van der Waals surface area contributed by atoms with Gasteiger partial charge >= 0.3 is 11.9 Å². The number of ether oxygens (including phenoxy) is 2. The van der Waals surface area contributed by atoms with E-state index in [4.69, 9.17) is 7.85 Å². The van der Waals surface area contributed by atoms with Crippen molar-refractivity contribution in [3.05, 3.63) is 0 Å². The molecular weight excluding hydrogens is 192 g/mol. The van der Waals surface area contributed by atoms with Gasteiger partial charge in [-0.2, -0.15) is 0 Å². The van der Waals surface area contributed by atoms with Crippen LogP contribution in [0.5, 0.6) is 0 Å². The minimum absolute atomic E-state index is 0.121. The summed E-state index contributed by atoms with van der Waals surface area (Å²) in [5.41, 5.74) is 0. The van der Waals surface area contributed by atoms with Crippen molar-refractivity contribution in [3.8, 4) is 0 Å². The highest BCUT2D eigenvalue weighted by molar-refractivity contribution is 5.68. The van der Waals surface area contributed by atoms with Gasteiger partial charge in [0.1, 0.15) is 12.7 Å². The molecule has 0 unspecified atom stereocenters. The number of carbonyl (C=O) groups is 3. The highest BCUT2D eigenvalue weighted by Crippen LogP contribution is 2.00. The van der Waals surface area contributed by atoms with Gasteiger partial charge in [-0.3, -0.25) is 9.59 Å². The first kappa shape index (κ1) is 9.14. The Kier molecular flexibility index (Phi) is 3.97. The highest BCUT2D eigenvalue weighted by atomic mass is 16.6. The first-order chi connectivity index (χ1) is 7.54. The van der Waals surface area contributed by atoms with E-state index in [9.17, 15) is 14.4 Å². The van der Waals surface area contributed by atoms with Gasteiger partial charge in [0.15, 0.2) is 12.4 Å². The van der Waals surface area contributed by atoms with E-state index in [-0.39, 0.29) is 6.29 Å². The van der Waals surface area contributed by atoms with Crippen LogP contribution in [0.2, 0.25) is 0 Å². The fourth-order valence-electron chi connectivity index (χ4n) is 0.634. The molecule has 1 N–H and O–H groups in total. The second-order valence-electron chi connectivity index (χ2n) is 2.34. The number of carbonyl (C=O) groups excluding carboxylic acids is 3. The number of aliphatic hydroxyl groups is 1. The molecule has 0 heterocycles. The monoisotopic (exact) mass is 206 g/mol. The van der Waals surface area contributed by atoms with E-state index in [1.165, 1.54) is 0 Å². The zero-order valence-electron chi connectivity index (χ0n) is 9.34. The topological polar surface area (TPSA) is 89.9 Å². The Bertz CT molecular complexity index is 257. The molecule has 0 rings (SSSR count). The molecular formula is C8H12O6. The van der Waals surface area contributed by atoms with E-state index in [1.807, 2.05) is 0 Å². The number of esters is 2. The van der Waals surface area contributed by atoms with E-state index in [0.717, 1.165) is 0 Å². The molecule has 0 saturated heterocycles. The lowest BCUT2D eigenvalue weighted by molar-refractivity contribution is -0.164. The minimum Gasteiger partial charge on any atom is -0.462 e. The maximum atomic E-state index is 10.7. The maximum Gasteiger partial charge on any atom is 0.303 e. The van der Waals surface area contributed by atoms with Gasteiger partial charge in [0, 0.05) is 16.5 Å². The standard InChI is InChI=1S/C8H12O6/c1-5(10)13-4-8(7(12)3-9)14-6(2)11/h3,7-8,12H,4H2,1-2H3/t7-,8+/m0/s1/i1D,2D. The first-order valence-electron chi connectivity index (χ1n) is 5.03. The molecule has 0 aromatic heterocycles. The molecule has 0 fully saturated rings. The fourth-order valence-corrected chi connectivity index (χ4v) is 0.634. The maximum absolute atomic E-state index is 10.7. The van der Waals surface area contributed by atoms with Crippen LogP contribution in [0.25, 0.3) is 0 Å². The number of aliphatic hydroxyl groups excluding tert-OH is 1.